The molecule has 0 N–H and O–H groups in total. The fourth-order valence-electron chi connectivity index (χ4n) is 11.5. The van der Waals surface area contributed by atoms with Gasteiger partial charge in [-0.15, -0.1) is 0 Å². The number of carbonyl (C=O) groups excluding carboxylic acids is 1. The van der Waals surface area contributed by atoms with Crippen molar-refractivity contribution in [2.24, 2.45) is 46.3 Å². The molecular formula is C46H73BrO3. The van der Waals surface area contributed by atoms with Crippen LogP contribution < -0.4 is 4.74 Å². The predicted molar refractivity (Wildman–Crippen MR) is 214 cm³/mol. The molecule has 4 aliphatic rings. The number of benzene rings is 1. The number of hydrogen-bond donors (Lipinski definition) is 0. The zero-order valence-electron chi connectivity index (χ0n) is 32.8. The minimum atomic E-state index is -0.185. The van der Waals surface area contributed by atoms with Crippen LogP contribution in [-0.2, 0) is 4.74 Å². The molecule has 0 heterocycles. The molecule has 3 saturated carbocycles. The normalized spacial score (nSPS) is 31.0. The van der Waals surface area contributed by atoms with Gasteiger partial charge in [-0.25, -0.2) is 4.79 Å². The van der Waals surface area contributed by atoms with E-state index in [-0.39, 0.29) is 17.5 Å². The lowest BCUT2D eigenvalue weighted by atomic mass is 9.47. The number of rotatable bonds is 20. The average molecular weight is 754 g/mol. The molecule has 5 rings (SSSR count). The van der Waals surface area contributed by atoms with Crippen molar-refractivity contribution in [3.8, 4) is 5.75 Å². The van der Waals surface area contributed by atoms with E-state index in [0.29, 0.717) is 11.0 Å². The van der Waals surface area contributed by atoms with Crippen molar-refractivity contribution >= 4 is 21.9 Å². The van der Waals surface area contributed by atoms with Crippen LogP contribution in [0.4, 0.5) is 0 Å². The van der Waals surface area contributed by atoms with Gasteiger partial charge in [0.05, 0.1) is 12.2 Å². The summed E-state index contributed by atoms with van der Waals surface area (Å²) in [6, 6.07) is 7.63. The first-order valence-corrected chi connectivity index (χ1v) is 22.5. The summed E-state index contributed by atoms with van der Waals surface area (Å²) in [5.74, 6) is 5.77. The van der Waals surface area contributed by atoms with Crippen molar-refractivity contribution in [3.63, 3.8) is 0 Å². The first kappa shape index (κ1) is 39.9. The van der Waals surface area contributed by atoms with Gasteiger partial charge in [-0.2, -0.15) is 0 Å². The molecule has 0 amide bonds. The van der Waals surface area contributed by atoms with Gasteiger partial charge in [-0.05, 0) is 128 Å². The molecule has 3 fully saturated rings. The first-order valence-electron chi connectivity index (χ1n) is 21.3. The summed E-state index contributed by atoms with van der Waals surface area (Å²) >= 11 is 3.52. The molecule has 4 aliphatic carbocycles. The summed E-state index contributed by atoms with van der Waals surface area (Å²) in [4.78, 5) is 13.2. The standard InChI is InChI=1S/C46H73BrO3/c1-34(2)17-16-18-35(3)41-25-26-42-40-24-21-37-33-39(27-29-45(37,4)43(40)28-30-46(41,42)5)50-44(48)36-19-22-38(23-20-36)49-32-15-13-11-9-7-6-8-10-12-14-31-47/h19-23,34-35,39-43H,6-18,24-33H2,1-5H3/t35-,39?,40+,41-,42+,43+,45+,46-/m1/s1. The summed E-state index contributed by atoms with van der Waals surface area (Å²) in [5, 5.41) is 1.14. The quantitative estimate of drug-likeness (QED) is 0.0576. The van der Waals surface area contributed by atoms with Gasteiger partial charge in [-0.1, -0.05) is 133 Å². The zero-order chi connectivity index (χ0) is 35.6. The Morgan fingerprint density at radius 1 is 0.800 bits per heavy atom. The molecule has 0 aliphatic heterocycles. The minimum Gasteiger partial charge on any atom is -0.494 e. The molecule has 0 bridgehead atoms. The molecular weight excluding hydrogens is 680 g/mol. The Kier molecular flexibility index (Phi) is 15.3. The van der Waals surface area contributed by atoms with Crippen LogP contribution in [-0.4, -0.2) is 24.0 Å². The number of hydrogen-bond acceptors (Lipinski definition) is 3. The lowest BCUT2D eigenvalue weighted by Crippen LogP contribution is -2.51. The van der Waals surface area contributed by atoms with E-state index in [1.165, 1.54) is 109 Å². The molecule has 0 spiro atoms. The fraction of sp³-hybridized carbons (Fsp3) is 0.804. The average Bonchev–Trinajstić information content (AvgIpc) is 3.46. The highest BCUT2D eigenvalue weighted by molar-refractivity contribution is 9.09. The van der Waals surface area contributed by atoms with Gasteiger partial charge in [0.1, 0.15) is 11.9 Å². The van der Waals surface area contributed by atoms with Crippen molar-refractivity contribution in [2.45, 2.75) is 176 Å². The van der Waals surface area contributed by atoms with Gasteiger partial charge in [0.15, 0.2) is 0 Å². The largest absolute Gasteiger partial charge is 0.494 e. The minimum absolute atomic E-state index is 0.00933. The van der Waals surface area contributed by atoms with Gasteiger partial charge in [0.25, 0.3) is 0 Å². The van der Waals surface area contributed by atoms with Gasteiger partial charge in [0, 0.05) is 11.8 Å². The molecule has 50 heavy (non-hydrogen) atoms. The Morgan fingerprint density at radius 3 is 2.16 bits per heavy atom. The Balaban J connectivity index is 1.03. The van der Waals surface area contributed by atoms with Gasteiger partial charge < -0.3 is 9.47 Å². The second kappa shape index (κ2) is 19.2. The third-order valence-corrected chi connectivity index (χ3v) is 15.0. The van der Waals surface area contributed by atoms with Gasteiger partial charge >= 0.3 is 5.97 Å². The third kappa shape index (κ3) is 10.0. The summed E-state index contributed by atoms with van der Waals surface area (Å²) in [6.45, 7) is 13.3. The highest BCUT2D eigenvalue weighted by Gasteiger charge is 2.59. The van der Waals surface area contributed by atoms with E-state index in [9.17, 15) is 4.79 Å². The van der Waals surface area contributed by atoms with Crippen molar-refractivity contribution < 1.29 is 14.3 Å². The number of alkyl halides is 1. The molecule has 3 nitrogen and oxygen atoms in total. The number of carbonyl (C=O) groups is 1. The number of esters is 1. The smallest absolute Gasteiger partial charge is 0.338 e. The van der Waals surface area contributed by atoms with Crippen LogP contribution >= 0.6 is 15.9 Å². The van der Waals surface area contributed by atoms with Crippen molar-refractivity contribution in [1.29, 1.82) is 0 Å². The van der Waals surface area contributed by atoms with Crippen LogP contribution in [0, 0.1) is 46.3 Å². The molecule has 282 valence electrons. The summed E-state index contributed by atoms with van der Waals surface area (Å²) in [7, 11) is 0. The Morgan fingerprint density at radius 2 is 1.48 bits per heavy atom. The second-order valence-corrected chi connectivity index (χ2v) is 19.0. The highest BCUT2D eigenvalue weighted by Crippen LogP contribution is 2.67. The third-order valence-electron chi connectivity index (χ3n) is 14.4. The topological polar surface area (TPSA) is 35.5 Å². The molecule has 4 heteroatoms. The molecule has 0 aromatic heterocycles. The number of ether oxygens (including phenoxy) is 2. The molecule has 0 saturated heterocycles. The SMILES string of the molecule is CC(C)CCC[C@@H](C)[C@H]1CC[C@H]2[C@@H]3CC=C4CC(OC(=O)c5ccc(OCCCCCCCCCCCCBr)cc5)CC[C@]4(C)[C@H]3CC[C@]12C. The van der Waals surface area contributed by atoms with Gasteiger partial charge in [-0.3, -0.25) is 0 Å². The predicted octanol–water partition coefficient (Wildman–Crippen LogP) is 13.9. The number of unbranched alkanes of at least 4 members (excludes halogenated alkanes) is 9. The molecule has 8 atom stereocenters. The Labute approximate surface area is 316 Å². The van der Waals surface area contributed by atoms with Crippen LogP contribution in [0.25, 0.3) is 0 Å². The summed E-state index contributed by atoms with van der Waals surface area (Å²) in [6.07, 6.45) is 29.9. The monoisotopic (exact) mass is 752 g/mol. The lowest BCUT2D eigenvalue weighted by Gasteiger charge is -2.58. The first-order chi connectivity index (χ1) is 24.2. The molecule has 1 aromatic rings. The van der Waals surface area contributed by atoms with Crippen LogP contribution in [0.1, 0.15) is 180 Å². The number of fused-ring (bicyclic) bond motifs is 5. The van der Waals surface area contributed by atoms with E-state index in [1.54, 1.807) is 5.57 Å². The van der Waals surface area contributed by atoms with E-state index in [1.807, 2.05) is 24.3 Å². The fourth-order valence-corrected chi connectivity index (χ4v) is 11.9. The van der Waals surface area contributed by atoms with E-state index in [2.05, 4.69) is 56.6 Å². The lowest BCUT2D eigenvalue weighted by molar-refractivity contribution is -0.0594. The Bertz CT molecular complexity index is 1210. The van der Waals surface area contributed by atoms with E-state index < -0.39 is 0 Å². The number of halogens is 1. The Hall–Kier alpha value is -1.29. The van der Waals surface area contributed by atoms with Gasteiger partial charge in [0.2, 0.25) is 0 Å². The van der Waals surface area contributed by atoms with E-state index >= 15 is 0 Å². The number of allylic oxidation sites excluding steroid dienone is 1. The van der Waals surface area contributed by atoms with E-state index in [4.69, 9.17) is 9.47 Å². The molecule has 1 aromatic carbocycles. The van der Waals surface area contributed by atoms with Crippen LogP contribution in [0.15, 0.2) is 35.9 Å². The second-order valence-electron chi connectivity index (χ2n) is 18.2. The highest BCUT2D eigenvalue weighted by atomic mass is 79.9. The molecule has 1 unspecified atom stereocenters. The summed E-state index contributed by atoms with van der Waals surface area (Å²) < 4.78 is 12.2. The maximum absolute atomic E-state index is 13.2. The maximum atomic E-state index is 13.2. The van der Waals surface area contributed by atoms with Crippen LogP contribution in [0.3, 0.4) is 0 Å². The zero-order valence-corrected chi connectivity index (χ0v) is 34.4. The van der Waals surface area contributed by atoms with Crippen molar-refractivity contribution in [1.82, 2.24) is 0 Å². The maximum Gasteiger partial charge on any atom is 0.338 e. The van der Waals surface area contributed by atoms with E-state index in [0.717, 1.165) is 78.9 Å². The molecule has 0 radical (unpaired) electrons. The summed E-state index contributed by atoms with van der Waals surface area (Å²) in [5.41, 5.74) is 3.03. The van der Waals surface area contributed by atoms with Crippen molar-refractivity contribution in [3.05, 3.63) is 41.5 Å². The van der Waals surface area contributed by atoms with Crippen molar-refractivity contribution in [2.75, 3.05) is 11.9 Å². The van der Waals surface area contributed by atoms with Crippen LogP contribution in [0.2, 0.25) is 0 Å². The van der Waals surface area contributed by atoms with Crippen LogP contribution in [0.5, 0.6) is 5.75 Å².